The smallest absolute Gasteiger partial charge is 0.224 e. The van der Waals surface area contributed by atoms with Gasteiger partial charge < -0.3 is 14.1 Å². The highest BCUT2D eigenvalue weighted by atomic mass is 16.6. The SMILES string of the molecule is CCCCn1cc(OCc2ccccc2)c(=O)cc1C=NOCC. The molecule has 0 N–H and O–H groups in total. The third-order valence-electron chi connectivity index (χ3n) is 3.50. The van der Waals surface area contributed by atoms with Crippen molar-refractivity contribution in [2.24, 2.45) is 5.16 Å². The van der Waals surface area contributed by atoms with Crippen LogP contribution in [-0.2, 0) is 18.0 Å². The van der Waals surface area contributed by atoms with Crippen LogP contribution in [0, 0.1) is 0 Å². The van der Waals surface area contributed by atoms with Crippen molar-refractivity contribution in [2.45, 2.75) is 39.8 Å². The van der Waals surface area contributed by atoms with Gasteiger partial charge in [-0.25, -0.2) is 0 Å². The lowest BCUT2D eigenvalue weighted by molar-refractivity contribution is 0.160. The molecule has 0 fully saturated rings. The molecule has 0 saturated heterocycles. The third-order valence-corrected chi connectivity index (χ3v) is 3.50. The standard InChI is InChI=1S/C19H24N2O3/c1-3-5-11-21-14-19(23-15-16-9-7-6-8-10-16)18(22)12-17(21)13-20-24-4-2/h6-10,12-14H,3-5,11,15H2,1-2H3. The van der Waals surface area contributed by atoms with Crippen molar-refractivity contribution < 1.29 is 9.57 Å². The maximum Gasteiger partial charge on any atom is 0.224 e. The molecule has 1 aromatic heterocycles. The molecule has 0 radical (unpaired) electrons. The number of oxime groups is 1. The summed E-state index contributed by atoms with van der Waals surface area (Å²) < 4.78 is 7.69. The molecule has 0 bridgehead atoms. The summed E-state index contributed by atoms with van der Waals surface area (Å²) in [6.07, 6.45) is 5.40. The van der Waals surface area contributed by atoms with E-state index in [9.17, 15) is 4.79 Å². The van der Waals surface area contributed by atoms with Crippen LogP contribution in [0.15, 0.2) is 52.5 Å². The Balaban J connectivity index is 2.20. The van der Waals surface area contributed by atoms with Gasteiger partial charge in [-0.2, -0.15) is 0 Å². The highest BCUT2D eigenvalue weighted by Gasteiger charge is 2.07. The first-order valence-corrected chi connectivity index (χ1v) is 8.31. The molecule has 0 unspecified atom stereocenters. The molecule has 0 aliphatic heterocycles. The van der Waals surface area contributed by atoms with E-state index in [2.05, 4.69) is 12.1 Å². The van der Waals surface area contributed by atoms with Gasteiger partial charge >= 0.3 is 0 Å². The molecular formula is C19H24N2O3. The summed E-state index contributed by atoms with van der Waals surface area (Å²) in [4.78, 5) is 17.3. The van der Waals surface area contributed by atoms with E-state index in [1.807, 2.05) is 41.8 Å². The van der Waals surface area contributed by atoms with Gasteiger partial charge in [-0.3, -0.25) is 4.79 Å². The van der Waals surface area contributed by atoms with Gasteiger partial charge in [0.05, 0.1) is 18.1 Å². The molecule has 5 heteroatoms. The Morgan fingerprint density at radius 3 is 2.71 bits per heavy atom. The first kappa shape index (κ1) is 17.8. The number of hydrogen-bond donors (Lipinski definition) is 0. The first-order chi connectivity index (χ1) is 11.7. The van der Waals surface area contributed by atoms with Crippen molar-refractivity contribution in [3.8, 4) is 5.75 Å². The quantitative estimate of drug-likeness (QED) is 0.522. The van der Waals surface area contributed by atoms with E-state index in [1.165, 1.54) is 0 Å². The minimum absolute atomic E-state index is 0.156. The van der Waals surface area contributed by atoms with Crippen LogP contribution in [0.25, 0.3) is 0 Å². The Morgan fingerprint density at radius 2 is 2.00 bits per heavy atom. The zero-order valence-corrected chi connectivity index (χ0v) is 14.3. The molecule has 0 amide bonds. The molecule has 2 rings (SSSR count). The minimum atomic E-state index is -0.156. The van der Waals surface area contributed by atoms with Gasteiger partial charge in [0.15, 0.2) is 5.75 Å². The summed E-state index contributed by atoms with van der Waals surface area (Å²) in [7, 11) is 0. The van der Waals surface area contributed by atoms with Crippen molar-refractivity contribution in [3.63, 3.8) is 0 Å². The van der Waals surface area contributed by atoms with E-state index >= 15 is 0 Å². The molecule has 5 nitrogen and oxygen atoms in total. The number of aryl methyl sites for hydroxylation is 1. The number of unbranched alkanes of at least 4 members (excludes halogenated alkanes) is 1. The van der Waals surface area contributed by atoms with E-state index in [-0.39, 0.29) is 5.43 Å². The molecule has 0 aliphatic rings. The summed E-state index contributed by atoms with van der Waals surface area (Å²) in [6, 6.07) is 11.3. The summed E-state index contributed by atoms with van der Waals surface area (Å²) in [5, 5.41) is 3.87. The van der Waals surface area contributed by atoms with Gasteiger partial charge in [0.1, 0.15) is 13.2 Å². The fraction of sp³-hybridized carbons (Fsp3) is 0.368. The van der Waals surface area contributed by atoms with Crippen molar-refractivity contribution in [3.05, 3.63) is 64.1 Å². The number of ether oxygens (including phenoxy) is 1. The Labute approximate surface area is 142 Å². The second-order valence-corrected chi connectivity index (χ2v) is 5.40. The first-order valence-electron chi connectivity index (χ1n) is 8.31. The number of hydrogen-bond acceptors (Lipinski definition) is 4. The second kappa shape index (κ2) is 9.55. The number of rotatable bonds is 9. The van der Waals surface area contributed by atoms with E-state index in [4.69, 9.17) is 9.57 Å². The second-order valence-electron chi connectivity index (χ2n) is 5.40. The van der Waals surface area contributed by atoms with Crippen molar-refractivity contribution in [1.82, 2.24) is 4.57 Å². The summed E-state index contributed by atoms with van der Waals surface area (Å²) in [5.41, 5.74) is 1.59. The molecule has 0 atom stereocenters. The largest absolute Gasteiger partial charge is 0.483 e. The fourth-order valence-electron chi connectivity index (χ4n) is 2.21. The number of benzene rings is 1. The minimum Gasteiger partial charge on any atom is -0.483 e. The topological polar surface area (TPSA) is 52.8 Å². The van der Waals surface area contributed by atoms with Crippen LogP contribution in [-0.4, -0.2) is 17.4 Å². The summed E-state index contributed by atoms with van der Waals surface area (Å²) in [6.45, 7) is 5.65. The average molecular weight is 328 g/mol. The number of pyridine rings is 1. The van der Waals surface area contributed by atoms with Gasteiger partial charge in [0.25, 0.3) is 0 Å². The van der Waals surface area contributed by atoms with Crippen LogP contribution in [0.1, 0.15) is 37.9 Å². The van der Waals surface area contributed by atoms with E-state index < -0.39 is 0 Å². The van der Waals surface area contributed by atoms with E-state index in [0.29, 0.717) is 24.7 Å². The van der Waals surface area contributed by atoms with Crippen LogP contribution in [0.2, 0.25) is 0 Å². The van der Waals surface area contributed by atoms with Crippen LogP contribution >= 0.6 is 0 Å². The molecule has 0 spiro atoms. The van der Waals surface area contributed by atoms with Crippen LogP contribution in [0.5, 0.6) is 5.75 Å². The maximum absolute atomic E-state index is 12.3. The lowest BCUT2D eigenvalue weighted by Gasteiger charge is -2.13. The fourth-order valence-corrected chi connectivity index (χ4v) is 2.21. The molecule has 0 saturated carbocycles. The van der Waals surface area contributed by atoms with Gasteiger partial charge in [0, 0.05) is 12.6 Å². The predicted octanol–water partition coefficient (Wildman–Crippen LogP) is 3.60. The average Bonchev–Trinajstić information content (AvgIpc) is 2.61. The predicted molar refractivity (Wildman–Crippen MR) is 95.6 cm³/mol. The van der Waals surface area contributed by atoms with Crippen LogP contribution < -0.4 is 10.2 Å². The normalized spacial score (nSPS) is 10.9. The maximum atomic E-state index is 12.3. The zero-order chi connectivity index (χ0) is 17.2. The monoisotopic (exact) mass is 328 g/mol. The lowest BCUT2D eigenvalue weighted by atomic mass is 10.2. The Hall–Kier alpha value is -2.56. The molecule has 2 aromatic rings. The Kier molecular flexibility index (Phi) is 7.08. The van der Waals surface area contributed by atoms with E-state index in [1.54, 1.807) is 18.5 Å². The number of nitrogens with zero attached hydrogens (tertiary/aromatic N) is 2. The van der Waals surface area contributed by atoms with Crippen molar-refractivity contribution in [2.75, 3.05) is 6.61 Å². The van der Waals surface area contributed by atoms with Crippen LogP contribution in [0.4, 0.5) is 0 Å². The molecule has 128 valence electrons. The van der Waals surface area contributed by atoms with Crippen molar-refractivity contribution >= 4 is 6.21 Å². The van der Waals surface area contributed by atoms with E-state index in [0.717, 1.165) is 24.9 Å². The summed E-state index contributed by atoms with van der Waals surface area (Å²) >= 11 is 0. The number of aromatic nitrogens is 1. The molecule has 1 heterocycles. The molecule has 24 heavy (non-hydrogen) atoms. The van der Waals surface area contributed by atoms with Gasteiger partial charge in [0.2, 0.25) is 5.43 Å². The molecule has 0 aliphatic carbocycles. The van der Waals surface area contributed by atoms with Gasteiger partial charge in [-0.05, 0) is 18.9 Å². The molecular weight excluding hydrogens is 304 g/mol. The van der Waals surface area contributed by atoms with Crippen molar-refractivity contribution in [1.29, 1.82) is 0 Å². The summed E-state index contributed by atoms with van der Waals surface area (Å²) in [5.74, 6) is 0.350. The zero-order valence-electron chi connectivity index (χ0n) is 14.3. The third kappa shape index (κ3) is 5.26. The molecule has 1 aromatic carbocycles. The lowest BCUT2D eigenvalue weighted by Crippen LogP contribution is -2.15. The highest BCUT2D eigenvalue weighted by Crippen LogP contribution is 2.10. The Bertz CT molecular complexity index is 708. The highest BCUT2D eigenvalue weighted by molar-refractivity contribution is 5.76. The van der Waals surface area contributed by atoms with Crippen LogP contribution in [0.3, 0.4) is 0 Å². The van der Waals surface area contributed by atoms with Gasteiger partial charge in [-0.1, -0.05) is 48.8 Å². The Morgan fingerprint density at radius 1 is 1.21 bits per heavy atom. The van der Waals surface area contributed by atoms with Gasteiger partial charge in [-0.15, -0.1) is 0 Å².